The van der Waals surface area contributed by atoms with Crippen LogP contribution in [-0.2, 0) is 14.4 Å². The van der Waals surface area contributed by atoms with Crippen LogP contribution in [0.3, 0.4) is 0 Å². The monoisotopic (exact) mass is 467 g/mol. The summed E-state index contributed by atoms with van der Waals surface area (Å²) in [7, 11) is 0. The number of carbonyl (C=O) groups excluding carboxylic acids is 3. The van der Waals surface area contributed by atoms with Gasteiger partial charge in [0, 0.05) is 16.3 Å². The largest absolute Gasteiger partial charge is 0.483 e. The zero-order valence-electron chi connectivity index (χ0n) is 17.3. The molecule has 2 aromatic rings. The minimum absolute atomic E-state index is 0.0957. The van der Waals surface area contributed by atoms with E-state index in [4.69, 9.17) is 16.3 Å². The fourth-order valence-corrected chi connectivity index (χ4v) is 4.96. The molecule has 33 heavy (non-hydrogen) atoms. The minimum Gasteiger partial charge on any atom is -0.483 e. The van der Waals surface area contributed by atoms with E-state index in [1.165, 1.54) is 24.4 Å². The molecule has 0 unspecified atom stereocenters. The first-order valence-corrected chi connectivity index (χ1v) is 10.9. The predicted molar refractivity (Wildman–Crippen MR) is 119 cm³/mol. The third-order valence-corrected chi connectivity index (χ3v) is 6.43. The lowest BCUT2D eigenvalue weighted by Gasteiger charge is -2.13. The molecule has 7 nitrogen and oxygen atoms in total. The van der Waals surface area contributed by atoms with Crippen LogP contribution in [0.1, 0.15) is 12.0 Å². The van der Waals surface area contributed by atoms with Gasteiger partial charge in [-0.05, 0) is 54.7 Å². The molecule has 1 N–H and O–H groups in total. The molecule has 2 aliphatic carbocycles. The highest BCUT2D eigenvalue weighted by molar-refractivity contribution is 6.31. The van der Waals surface area contributed by atoms with Gasteiger partial charge in [0.15, 0.2) is 6.61 Å². The quantitative estimate of drug-likeness (QED) is 0.399. The van der Waals surface area contributed by atoms with Crippen molar-refractivity contribution < 1.29 is 23.5 Å². The molecule has 3 amide bonds. The number of hydrazone groups is 1. The van der Waals surface area contributed by atoms with Crippen molar-refractivity contribution in [2.75, 3.05) is 11.9 Å². The summed E-state index contributed by atoms with van der Waals surface area (Å²) in [6.07, 6.45) is 6.20. The van der Waals surface area contributed by atoms with Crippen LogP contribution in [0.4, 0.5) is 10.1 Å². The molecule has 0 aromatic heterocycles. The summed E-state index contributed by atoms with van der Waals surface area (Å²) in [6, 6.07) is 10.2. The number of anilines is 1. The van der Waals surface area contributed by atoms with E-state index in [-0.39, 0.29) is 42.1 Å². The summed E-state index contributed by atoms with van der Waals surface area (Å²) in [4.78, 5) is 37.8. The molecular formula is C24H19ClFN3O4. The van der Waals surface area contributed by atoms with Gasteiger partial charge in [0.25, 0.3) is 17.7 Å². The van der Waals surface area contributed by atoms with Crippen LogP contribution in [0.15, 0.2) is 59.7 Å². The van der Waals surface area contributed by atoms with E-state index in [2.05, 4.69) is 10.4 Å². The Morgan fingerprint density at radius 3 is 2.58 bits per heavy atom. The number of hydrogen-bond donors (Lipinski definition) is 1. The summed E-state index contributed by atoms with van der Waals surface area (Å²) in [5, 5.41) is 8.01. The Morgan fingerprint density at radius 2 is 1.88 bits per heavy atom. The number of hydrogen-bond acceptors (Lipinski definition) is 5. The van der Waals surface area contributed by atoms with Gasteiger partial charge in [-0.1, -0.05) is 29.8 Å². The molecule has 168 valence electrons. The van der Waals surface area contributed by atoms with E-state index in [1.54, 1.807) is 24.3 Å². The van der Waals surface area contributed by atoms with Crippen molar-refractivity contribution in [2.45, 2.75) is 6.42 Å². The van der Waals surface area contributed by atoms with Crippen molar-refractivity contribution in [3.05, 3.63) is 71.0 Å². The minimum atomic E-state index is -0.487. The number of amides is 3. The van der Waals surface area contributed by atoms with Gasteiger partial charge in [-0.2, -0.15) is 10.1 Å². The van der Waals surface area contributed by atoms with Crippen LogP contribution in [-0.4, -0.2) is 35.6 Å². The van der Waals surface area contributed by atoms with E-state index in [1.807, 2.05) is 12.2 Å². The Bertz CT molecular complexity index is 1180. The molecule has 0 spiro atoms. The average Bonchev–Trinajstić information content (AvgIpc) is 3.46. The second-order valence-corrected chi connectivity index (χ2v) is 8.70. The highest BCUT2D eigenvalue weighted by Gasteiger charge is 2.59. The summed E-state index contributed by atoms with van der Waals surface area (Å²) in [6.45, 7) is -0.347. The van der Waals surface area contributed by atoms with Crippen molar-refractivity contribution in [2.24, 2.45) is 28.8 Å². The summed E-state index contributed by atoms with van der Waals surface area (Å²) >= 11 is 6.09. The van der Waals surface area contributed by atoms with Gasteiger partial charge < -0.3 is 10.1 Å². The van der Waals surface area contributed by atoms with Crippen molar-refractivity contribution in [3.63, 3.8) is 0 Å². The molecule has 2 bridgehead atoms. The number of benzene rings is 2. The van der Waals surface area contributed by atoms with Crippen LogP contribution in [0.25, 0.3) is 0 Å². The molecule has 5 rings (SSSR count). The second kappa shape index (κ2) is 8.44. The zero-order chi connectivity index (χ0) is 23.1. The van der Waals surface area contributed by atoms with Gasteiger partial charge in [0.1, 0.15) is 11.6 Å². The molecular weight excluding hydrogens is 449 g/mol. The highest BCUT2D eigenvalue weighted by atomic mass is 35.5. The summed E-state index contributed by atoms with van der Waals surface area (Å²) in [5.41, 5.74) is 0.710. The Balaban J connectivity index is 1.28. The lowest BCUT2D eigenvalue weighted by Crippen LogP contribution is -2.28. The van der Waals surface area contributed by atoms with Crippen LogP contribution < -0.4 is 10.1 Å². The maximum atomic E-state index is 13.3. The van der Waals surface area contributed by atoms with Crippen molar-refractivity contribution >= 4 is 41.2 Å². The number of nitrogens with zero attached hydrogens (tertiary/aromatic N) is 2. The molecule has 2 aromatic carbocycles. The summed E-state index contributed by atoms with van der Waals surface area (Å²) in [5.74, 6) is -1.75. The number of imide groups is 1. The van der Waals surface area contributed by atoms with E-state index in [0.717, 1.165) is 11.4 Å². The third-order valence-electron chi connectivity index (χ3n) is 6.20. The Kier molecular flexibility index (Phi) is 5.46. The lowest BCUT2D eigenvalue weighted by atomic mass is 9.85. The number of halogens is 2. The maximum Gasteiger partial charge on any atom is 0.262 e. The average molecular weight is 468 g/mol. The van der Waals surface area contributed by atoms with Gasteiger partial charge in [-0.15, -0.1) is 0 Å². The number of rotatable bonds is 6. The Labute approximate surface area is 193 Å². The SMILES string of the molecule is O=C(COc1ccc(Cl)cc1C=NN1C(=O)[C@@H]2[C@H](C1=O)[C@H]1C=C[C@H]2C1)Nc1cccc(F)c1. The summed E-state index contributed by atoms with van der Waals surface area (Å²) < 4.78 is 18.9. The first-order valence-electron chi connectivity index (χ1n) is 10.5. The van der Waals surface area contributed by atoms with Crippen LogP contribution >= 0.6 is 11.6 Å². The van der Waals surface area contributed by atoms with Gasteiger partial charge in [0.05, 0.1) is 18.1 Å². The third kappa shape index (κ3) is 4.02. The lowest BCUT2D eigenvalue weighted by molar-refractivity contribution is -0.140. The number of allylic oxidation sites excluding steroid dienone is 2. The molecule has 2 fully saturated rings. The first kappa shape index (κ1) is 21.3. The van der Waals surface area contributed by atoms with Crippen molar-refractivity contribution in [1.29, 1.82) is 0 Å². The number of ether oxygens (including phenoxy) is 1. The highest BCUT2D eigenvalue weighted by Crippen LogP contribution is 2.52. The van der Waals surface area contributed by atoms with Crippen LogP contribution in [0.5, 0.6) is 5.75 Å². The van der Waals surface area contributed by atoms with E-state index >= 15 is 0 Å². The number of nitrogens with one attached hydrogen (secondary N) is 1. The van der Waals surface area contributed by atoms with E-state index in [0.29, 0.717) is 22.0 Å². The molecule has 0 radical (unpaired) electrons. The second-order valence-electron chi connectivity index (χ2n) is 8.26. The Hall–Kier alpha value is -3.52. The molecule has 1 saturated heterocycles. The Morgan fingerprint density at radius 1 is 1.15 bits per heavy atom. The van der Waals surface area contributed by atoms with Gasteiger partial charge in [0.2, 0.25) is 0 Å². The molecule has 3 aliphatic rings. The van der Waals surface area contributed by atoms with Gasteiger partial charge in [-0.25, -0.2) is 4.39 Å². The normalized spacial score (nSPS) is 25.2. The molecule has 1 heterocycles. The zero-order valence-corrected chi connectivity index (χ0v) is 18.0. The number of carbonyl (C=O) groups is 3. The topological polar surface area (TPSA) is 88.1 Å². The molecule has 1 saturated carbocycles. The predicted octanol–water partition coefficient (Wildman–Crippen LogP) is 3.64. The number of fused-ring (bicyclic) bond motifs is 5. The fourth-order valence-electron chi connectivity index (χ4n) is 4.78. The first-order chi connectivity index (χ1) is 15.9. The van der Waals surface area contributed by atoms with E-state index in [9.17, 15) is 18.8 Å². The van der Waals surface area contributed by atoms with Gasteiger partial charge in [-0.3, -0.25) is 14.4 Å². The van der Waals surface area contributed by atoms with Crippen molar-refractivity contribution in [1.82, 2.24) is 5.01 Å². The van der Waals surface area contributed by atoms with E-state index < -0.39 is 11.7 Å². The molecule has 4 atom stereocenters. The van der Waals surface area contributed by atoms with Crippen LogP contribution in [0.2, 0.25) is 5.02 Å². The smallest absolute Gasteiger partial charge is 0.262 e. The van der Waals surface area contributed by atoms with Crippen molar-refractivity contribution in [3.8, 4) is 5.75 Å². The van der Waals surface area contributed by atoms with Crippen LogP contribution in [0, 0.1) is 29.5 Å². The molecule has 9 heteroatoms. The van der Waals surface area contributed by atoms with Gasteiger partial charge >= 0.3 is 0 Å². The maximum absolute atomic E-state index is 13.3. The molecule has 1 aliphatic heterocycles. The standard InChI is InChI=1S/C24H19ClFN3O4/c25-16-6-7-19(33-12-20(30)28-18-3-1-2-17(26)10-18)15(9-16)11-27-29-23(31)21-13-4-5-14(8-13)22(21)24(29)32/h1-7,9-11,13-14,21-22H,8,12H2,(H,28,30)/t13-,14-,21-,22+/m0/s1. The fraction of sp³-hybridized carbons (Fsp3) is 0.250.